The molecule has 0 heterocycles. The number of Topliss-reactive ketones (excluding diaryl/α,β-unsaturated/α-hetero) is 1. The van der Waals surface area contributed by atoms with Crippen LogP contribution < -0.4 is 5.32 Å². The number of methoxy groups -OCH3 is 1. The maximum absolute atomic E-state index is 13.0. The quantitative estimate of drug-likeness (QED) is 0.638. The van der Waals surface area contributed by atoms with Gasteiger partial charge in [-0.25, -0.2) is 4.79 Å². The molecule has 148 valence electrons. The van der Waals surface area contributed by atoms with Crippen molar-refractivity contribution in [3.63, 3.8) is 0 Å². The standard InChI is InChI=1S/C21H29NO5/c1-14-9-8-10-15(13-14)17(22-19(25)27-20(2,3)4)21(18(24)26-5)12-7-6-11-16(21)23/h8-10,13,17H,6-7,11-12H2,1-5H3,(H,22,25). The first-order valence-electron chi connectivity index (χ1n) is 9.28. The van der Waals surface area contributed by atoms with E-state index in [1.165, 1.54) is 7.11 Å². The van der Waals surface area contributed by atoms with Gasteiger partial charge >= 0.3 is 12.1 Å². The Hall–Kier alpha value is -2.37. The second-order valence-corrected chi connectivity index (χ2v) is 8.09. The third kappa shape index (κ3) is 4.67. The smallest absolute Gasteiger partial charge is 0.408 e. The molecule has 1 N–H and O–H groups in total. The average Bonchev–Trinajstić information content (AvgIpc) is 2.58. The van der Waals surface area contributed by atoms with Gasteiger partial charge in [0, 0.05) is 6.42 Å². The molecule has 1 aromatic rings. The number of ether oxygens (including phenoxy) is 2. The van der Waals surface area contributed by atoms with Crippen molar-refractivity contribution in [2.75, 3.05) is 7.11 Å². The number of nitrogens with one attached hydrogen (secondary N) is 1. The van der Waals surface area contributed by atoms with Crippen LogP contribution in [0.3, 0.4) is 0 Å². The van der Waals surface area contributed by atoms with Gasteiger partial charge < -0.3 is 14.8 Å². The number of amides is 1. The SMILES string of the molecule is COC(=O)C1(C(NC(=O)OC(C)(C)C)c2cccc(C)c2)CCCCC1=O. The topological polar surface area (TPSA) is 81.7 Å². The van der Waals surface area contributed by atoms with Gasteiger partial charge in [0.05, 0.1) is 13.2 Å². The summed E-state index contributed by atoms with van der Waals surface area (Å²) in [6.45, 7) is 7.20. The molecule has 0 bridgehead atoms. The second kappa shape index (κ2) is 8.11. The van der Waals surface area contributed by atoms with Crippen LogP contribution in [-0.4, -0.2) is 30.6 Å². The summed E-state index contributed by atoms with van der Waals surface area (Å²) in [6, 6.07) is 6.58. The van der Waals surface area contributed by atoms with Crippen LogP contribution in [0.2, 0.25) is 0 Å². The molecule has 2 unspecified atom stereocenters. The largest absolute Gasteiger partial charge is 0.468 e. The van der Waals surface area contributed by atoms with Gasteiger partial charge in [0.15, 0.2) is 11.2 Å². The molecule has 6 heteroatoms. The van der Waals surface area contributed by atoms with Gasteiger partial charge in [-0.2, -0.15) is 0 Å². The number of carbonyl (C=O) groups excluding carboxylic acids is 3. The number of carbonyl (C=O) groups is 3. The third-order valence-corrected chi connectivity index (χ3v) is 4.80. The normalized spacial score (nSPS) is 21.3. The zero-order valence-electron chi connectivity index (χ0n) is 16.8. The molecule has 0 aromatic heterocycles. The summed E-state index contributed by atoms with van der Waals surface area (Å²) in [5.74, 6) is -0.821. The molecule has 1 amide bonds. The number of benzene rings is 1. The molecular formula is C21H29NO5. The van der Waals surface area contributed by atoms with Gasteiger partial charge in [-0.3, -0.25) is 9.59 Å². The van der Waals surface area contributed by atoms with Crippen LogP contribution in [0.25, 0.3) is 0 Å². The van der Waals surface area contributed by atoms with E-state index in [0.29, 0.717) is 18.4 Å². The van der Waals surface area contributed by atoms with Crippen LogP contribution in [0.5, 0.6) is 0 Å². The molecule has 1 saturated carbocycles. The van der Waals surface area contributed by atoms with Crippen LogP contribution in [-0.2, 0) is 19.1 Å². The molecule has 1 aliphatic carbocycles. The molecule has 6 nitrogen and oxygen atoms in total. The molecule has 1 aliphatic rings. The first-order chi connectivity index (χ1) is 12.6. The van der Waals surface area contributed by atoms with E-state index in [1.807, 2.05) is 31.2 Å². The molecule has 0 spiro atoms. The van der Waals surface area contributed by atoms with E-state index in [9.17, 15) is 14.4 Å². The maximum atomic E-state index is 13.0. The Kier molecular flexibility index (Phi) is 6.29. The molecule has 1 aromatic carbocycles. The second-order valence-electron chi connectivity index (χ2n) is 8.09. The molecule has 27 heavy (non-hydrogen) atoms. The van der Waals surface area contributed by atoms with Crippen molar-refractivity contribution in [2.24, 2.45) is 5.41 Å². The highest BCUT2D eigenvalue weighted by Gasteiger charge is 2.55. The summed E-state index contributed by atoms with van der Waals surface area (Å²) in [4.78, 5) is 38.4. The highest BCUT2D eigenvalue weighted by atomic mass is 16.6. The third-order valence-electron chi connectivity index (χ3n) is 4.80. The lowest BCUT2D eigenvalue weighted by Gasteiger charge is -2.40. The first kappa shape index (κ1) is 20.9. The van der Waals surface area contributed by atoms with Crippen LogP contribution in [0, 0.1) is 12.3 Å². The van der Waals surface area contributed by atoms with Crippen LogP contribution in [0.15, 0.2) is 24.3 Å². The summed E-state index contributed by atoms with van der Waals surface area (Å²) in [5.41, 5.74) is -0.498. The number of alkyl carbamates (subject to hydrolysis) is 1. The Morgan fingerprint density at radius 1 is 1.22 bits per heavy atom. The van der Waals surface area contributed by atoms with E-state index < -0.39 is 29.1 Å². The highest BCUT2D eigenvalue weighted by molar-refractivity contribution is 6.05. The van der Waals surface area contributed by atoms with Crippen molar-refractivity contribution in [2.45, 2.75) is 65.0 Å². The molecule has 1 fully saturated rings. The van der Waals surface area contributed by atoms with Gasteiger partial charge in [-0.1, -0.05) is 36.2 Å². The lowest BCUT2D eigenvalue weighted by atomic mass is 9.66. The molecule has 0 radical (unpaired) electrons. The van der Waals surface area contributed by atoms with E-state index in [0.717, 1.165) is 12.0 Å². The van der Waals surface area contributed by atoms with Gasteiger partial charge in [0.2, 0.25) is 0 Å². The summed E-state index contributed by atoms with van der Waals surface area (Å²) < 4.78 is 10.4. The molecular weight excluding hydrogens is 346 g/mol. The fourth-order valence-corrected chi connectivity index (χ4v) is 3.64. The average molecular weight is 375 g/mol. The number of hydrogen-bond donors (Lipinski definition) is 1. The van der Waals surface area contributed by atoms with E-state index in [4.69, 9.17) is 9.47 Å². The van der Waals surface area contributed by atoms with Gasteiger partial charge in [-0.05, 0) is 46.1 Å². The molecule has 0 saturated heterocycles. The first-order valence-corrected chi connectivity index (χ1v) is 9.28. The number of aryl methyl sites for hydroxylation is 1. The number of rotatable bonds is 4. The lowest BCUT2D eigenvalue weighted by Crippen LogP contribution is -2.53. The highest BCUT2D eigenvalue weighted by Crippen LogP contribution is 2.45. The van der Waals surface area contributed by atoms with Crippen molar-refractivity contribution in [1.82, 2.24) is 5.32 Å². The van der Waals surface area contributed by atoms with Crippen LogP contribution in [0.4, 0.5) is 4.79 Å². The summed E-state index contributed by atoms with van der Waals surface area (Å²) in [6.07, 6.45) is 1.37. The Labute approximate surface area is 160 Å². The molecule has 2 rings (SSSR count). The van der Waals surface area contributed by atoms with E-state index >= 15 is 0 Å². The Bertz CT molecular complexity index is 712. The van der Waals surface area contributed by atoms with Crippen molar-refractivity contribution in [1.29, 1.82) is 0 Å². The molecule has 2 atom stereocenters. The zero-order valence-corrected chi connectivity index (χ0v) is 16.8. The van der Waals surface area contributed by atoms with Gasteiger partial charge in [-0.15, -0.1) is 0 Å². The van der Waals surface area contributed by atoms with Crippen molar-refractivity contribution in [3.05, 3.63) is 35.4 Å². The number of hydrogen-bond acceptors (Lipinski definition) is 5. The Balaban J connectivity index is 2.53. The summed E-state index contributed by atoms with van der Waals surface area (Å²) in [7, 11) is 1.27. The summed E-state index contributed by atoms with van der Waals surface area (Å²) >= 11 is 0. The van der Waals surface area contributed by atoms with Crippen LogP contribution >= 0.6 is 0 Å². The van der Waals surface area contributed by atoms with E-state index in [1.54, 1.807) is 20.8 Å². The fraction of sp³-hybridized carbons (Fsp3) is 0.571. The molecule has 0 aliphatic heterocycles. The van der Waals surface area contributed by atoms with Gasteiger partial charge in [0.25, 0.3) is 0 Å². The van der Waals surface area contributed by atoms with E-state index in [2.05, 4.69) is 5.32 Å². The van der Waals surface area contributed by atoms with Crippen molar-refractivity contribution < 1.29 is 23.9 Å². The van der Waals surface area contributed by atoms with Crippen molar-refractivity contribution in [3.8, 4) is 0 Å². The minimum Gasteiger partial charge on any atom is -0.468 e. The Morgan fingerprint density at radius 2 is 1.93 bits per heavy atom. The monoisotopic (exact) mass is 375 g/mol. The predicted octanol–water partition coefficient (Wildman–Crippen LogP) is 3.86. The maximum Gasteiger partial charge on any atom is 0.408 e. The minimum atomic E-state index is -1.45. The minimum absolute atomic E-state index is 0.205. The predicted molar refractivity (Wildman–Crippen MR) is 101 cm³/mol. The summed E-state index contributed by atoms with van der Waals surface area (Å²) in [5, 5.41) is 2.79. The Morgan fingerprint density at radius 3 is 2.48 bits per heavy atom. The van der Waals surface area contributed by atoms with Crippen LogP contribution in [0.1, 0.15) is 63.6 Å². The lowest BCUT2D eigenvalue weighted by molar-refractivity contribution is -0.162. The van der Waals surface area contributed by atoms with Gasteiger partial charge in [0.1, 0.15) is 5.60 Å². The zero-order chi connectivity index (χ0) is 20.2. The number of ketones is 1. The number of esters is 1. The van der Waals surface area contributed by atoms with Crippen molar-refractivity contribution >= 4 is 17.8 Å². The fourth-order valence-electron chi connectivity index (χ4n) is 3.64. The van der Waals surface area contributed by atoms with E-state index in [-0.39, 0.29) is 12.2 Å².